The molecule has 0 aromatic carbocycles. The lowest BCUT2D eigenvalue weighted by Crippen LogP contribution is -2.46. The Morgan fingerprint density at radius 3 is 1.88 bits per heavy atom. The number of carbonyl (C=O) groups is 2. The summed E-state index contributed by atoms with van der Waals surface area (Å²) in [5.74, 6) is -0.338. The molecule has 0 aliphatic rings. The van der Waals surface area contributed by atoms with E-state index in [1.807, 2.05) is 20.8 Å². The molecular formula is C21H41NO4. The SMILES string of the molecule is CCCCCCCCCCOC(=O)[C@@H](NC(=O)OCCCC)C(C)CC. The van der Waals surface area contributed by atoms with Crippen LogP contribution in [0.1, 0.15) is 98.3 Å². The van der Waals surface area contributed by atoms with E-state index in [4.69, 9.17) is 9.47 Å². The van der Waals surface area contributed by atoms with Crippen molar-refractivity contribution >= 4 is 12.1 Å². The van der Waals surface area contributed by atoms with Gasteiger partial charge in [-0.15, -0.1) is 0 Å². The van der Waals surface area contributed by atoms with Crippen LogP contribution in [0.25, 0.3) is 0 Å². The molecule has 0 saturated carbocycles. The van der Waals surface area contributed by atoms with Crippen LogP contribution >= 0.6 is 0 Å². The van der Waals surface area contributed by atoms with E-state index >= 15 is 0 Å². The van der Waals surface area contributed by atoms with Gasteiger partial charge in [-0.2, -0.15) is 0 Å². The summed E-state index contributed by atoms with van der Waals surface area (Å²) in [6.45, 7) is 8.99. The van der Waals surface area contributed by atoms with Crippen molar-refractivity contribution in [2.24, 2.45) is 5.92 Å². The summed E-state index contributed by atoms with van der Waals surface area (Å²) in [4.78, 5) is 24.2. The van der Waals surface area contributed by atoms with Crippen LogP contribution in [0.5, 0.6) is 0 Å². The molecule has 0 bridgehead atoms. The van der Waals surface area contributed by atoms with Gasteiger partial charge in [0.25, 0.3) is 0 Å². The predicted molar refractivity (Wildman–Crippen MR) is 106 cm³/mol. The Labute approximate surface area is 160 Å². The fourth-order valence-electron chi connectivity index (χ4n) is 2.65. The third-order valence-electron chi connectivity index (χ3n) is 4.71. The molecule has 0 aliphatic heterocycles. The molecule has 5 nitrogen and oxygen atoms in total. The van der Waals surface area contributed by atoms with E-state index in [1.165, 1.54) is 38.5 Å². The van der Waals surface area contributed by atoms with Gasteiger partial charge < -0.3 is 14.8 Å². The monoisotopic (exact) mass is 371 g/mol. The molecule has 0 aromatic heterocycles. The molecule has 0 aliphatic carbocycles. The Kier molecular flexibility index (Phi) is 16.3. The minimum Gasteiger partial charge on any atom is -0.464 e. The maximum Gasteiger partial charge on any atom is 0.407 e. The molecule has 154 valence electrons. The third-order valence-corrected chi connectivity index (χ3v) is 4.71. The summed E-state index contributed by atoms with van der Waals surface area (Å²) in [5.41, 5.74) is 0. The lowest BCUT2D eigenvalue weighted by atomic mass is 9.99. The van der Waals surface area contributed by atoms with Gasteiger partial charge in [0, 0.05) is 0 Å². The molecule has 0 aromatic rings. The molecule has 0 rings (SSSR count). The summed E-state index contributed by atoms with van der Waals surface area (Å²) in [7, 11) is 0. The number of rotatable bonds is 16. The lowest BCUT2D eigenvalue weighted by Gasteiger charge is -2.22. The van der Waals surface area contributed by atoms with Crippen LogP contribution in [0, 0.1) is 5.92 Å². The van der Waals surface area contributed by atoms with Crippen molar-refractivity contribution in [2.45, 2.75) is 104 Å². The number of unbranched alkanes of at least 4 members (excludes halogenated alkanes) is 8. The largest absolute Gasteiger partial charge is 0.464 e. The molecule has 1 N–H and O–H groups in total. The first kappa shape index (κ1) is 24.7. The molecule has 0 saturated heterocycles. The van der Waals surface area contributed by atoms with Gasteiger partial charge >= 0.3 is 12.1 Å². The molecule has 1 amide bonds. The van der Waals surface area contributed by atoms with E-state index in [9.17, 15) is 9.59 Å². The average molecular weight is 372 g/mol. The second-order valence-corrected chi connectivity index (χ2v) is 7.14. The summed E-state index contributed by atoms with van der Waals surface area (Å²) in [6, 6.07) is -0.636. The van der Waals surface area contributed by atoms with Crippen LogP contribution < -0.4 is 5.32 Å². The van der Waals surface area contributed by atoms with Crippen LogP contribution in [0.4, 0.5) is 4.79 Å². The van der Waals surface area contributed by atoms with Gasteiger partial charge in [-0.3, -0.25) is 0 Å². The van der Waals surface area contributed by atoms with E-state index in [0.717, 1.165) is 32.1 Å². The minimum atomic E-state index is -0.636. The van der Waals surface area contributed by atoms with Gasteiger partial charge in [-0.05, 0) is 18.8 Å². The molecule has 2 atom stereocenters. The van der Waals surface area contributed by atoms with Crippen molar-refractivity contribution in [1.29, 1.82) is 0 Å². The molecule has 26 heavy (non-hydrogen) atoms. The van der Waals surface area contributed by atoms with Gasteiger partial charge in [0.15, 0.2) is 0 Å². The number of alkyl carbamates (subject to hydrolysis) is 1. The van der Waals surface area contributed by atoms with Crippen LogP contribution in [0.15, 0.2) is 0 Å². The first-order valence-corrected chi connectivity index (χ1v) is 10.7. The lowest BCUT2D eigenvalue weighted by molar-refractivity contribution is -0.147. The third kappa shape index (κ3) is 13.0. The van der Waals surface area contributed by atoms with Crippen molar-refractivity contribution in [1.82, 2.24) is 5.32 Å². The Morgan fingerprint density at radius 2 is 1.31 bits per heavy atom. The number of hydrogen-bond acceptors (Lipinski definition) is 4. The zero-order valence-electron chi connectivity index (χ0n) is 17.5. The number of esters is 1. The van der Waals surface area contributed by atoms with E-state index in [-0.39, 0.29) is 11.9 Å². The smallest absolute Gasteiger partial charge is 0.407 e. The highest BCUT2D eigenvalue weighted by Gasteiger charge is 2.27. The average Bonchev–Trinajstić information content (AvgIpc) is 2.64. The Balaban J connectivity index is 4.02. The molecule has 0 spiro atoms. The Bertz CT molecular complexity index is 360. The van der Waals surface area contributed by atoms with E-state index in [2.05, 4.69) is 12.2 Å². The molecule has 0 heterocycles. The molecule has 0 fully saturated rings. The summed E-state index contributed by atoms with van der Waals surface area (Å²) < 4.78 is 10.5. The zero-order chi connectivity index (χ0) is 19.6. The normalized spacial score (nSPS) is 13.1. The number of carbonyl (C=O) groups excluding carboxylic acids is 2. The van der Waals surface area contributed by atoms with Gasteiger partial charge in [0.1, 0.15) is 6.04 Å². The fourth-order valence-corrected chi connectivity index (χ4v) is 2.65. The number of nitrogens with one attached hydrogen (secondary N) is 1. The Hall–Kier alpha value is -1.26. The van der Waals surface area contributed by atoms with E-state index in [0.29, 0.717) is 13.2 Å². The molecular weight excluding hydrogens is 330 g/mol. The molecule has 0 radical (unpaired) electrons. The van der Waals surface area contributed by atoms with Crippen molar-refractivity contribution in [3.63, 3.8) is 0 Å². The second-order valence-electron chi connectivity index (χ2n) is 7.14. The van der Waals surface area contributed by atoms with Crippen molar-refractivity contribution in [3.05, 3.63) is 0 Å². The van der Waals surface area contributed by atoms with Gasteiger partial charge in [-0.25, -0.2) is 9.59 Å². The predicted octanol–water partition coefficient (Wildman–Crippen LogP) is 5.61. The topological polar surface area (TPSA) is 64.6 Å². The van der Waals surface area contributed by atoms with Crippen LogP contribution in [0.2, 0.25) is 0 Å². The first-order valence-electron chi connectivity index (χ1n) is 10.7. The standard InChI is InChI=1S/C21H41NO4/c1-5-8-10-11-12-13-14-15-17-25-20(23)19(18(4)7-3)22-21(24)26-16-9-6-2/h18-19H,5-17H2,1-4H3,(H,22,24)/t18?,19-/m0/s1. The van der Waals surface area contributed by atoms with Crippen LogP contribution in [-0.2, 0) is 14.3 Å². The van der Waals surface area contributed by atoms with E-state index in [1.54, 1.807) is 0 Å². The molecule has 1 unspecified atom stereocenters. The number of ether oxygens (including phenoxy) is 2. The quantitative estimate of drug-likeness (QED) is 0.283. The van der Waals surface area contributed by atoms with Crippen LogP contribution in [0.3, 0.4) is 0 Å². The Morgan fingerprint density at radius 1 is 0.769 bits per heavy atom. The summed E-state index contributed by atoms with van der Waals surface area (Å²) >= 11 is 0. The number of amides is 1. The highest BCUT2D eigenvalue weighted by molar-refractivity contribution is 5.81. The number of hydrogen-bond donors (Lipinski definition) is 1. The van der Waals surface area contributed by atoms with Crippen molar-refractivity contribution in [2.75, 3.05) is 13.2 Å². The molecule has 5 heteroatoms. The van der Waals surface area contributed by atoms with E-state index < -0.39 is 12.1 Å². The maximum absolute atomic E-state index is 12.3. The summed E-state index contributed by atoms with van der Waals surface area (Å²) in [5, 5.41) is 2.67. The minimum absolute atomic E-state index is 0.0137. The highest BCUT2D eigenvalue weighted by Crippen LogP contribution is 2.12. The zero-order valence-corrected chi connectivity index (χ0v) is 17.5. The van der Waals surface area contributed by atoms with Crippen LogP contribution in [-0.4, -0.2) is 31.3 Å². The van der Waals surface area contributed by atoms with Crippen molar-refractivity contribution in [3.8, 4) is 0 Å². The summed E-state index contributed by atoms with van der Waals surface area (Å²) in [6.07, 6.45) is 11.7. The highest BCUT2D eigenvalue weighted by atomic mass is 16.6. The van der Waals surface area contributed by atoms with Gasteiger partial charge in [-0.1, -0.05) is 85.5 Å². The first-order chi connectivity index (χ1) is 12.6. The van der Waals surface area contributed by atoms with Gasteiger partial charge in [0.2, 0.25) is 0 Å². The second kappa shape index (κ2) is 17.2. The van der Waals surface area contributed by atoms with Crippen molar-refractivity contribution < 1.29 is 19.1 Å². The van der Waals surface area contributed by atoms with Gasteiger partial charge in [0.05, 0.1) is 13.2 Å². The fraction of sp³-hybridized carbons (Fsp3) is 0.905. The maximum atomic E-state index is 12.3.